The van der Waals surface area contributed by atoms with Crippen LogP contribution in [-0.2, 0) is 27.5 Å². The van der Waals surface area contributed by atoms with Crippen LogP contribution in [0, 0.1) is 5.82 Å². The number of pyridine rings is 1. The first-order valence-electron chi connectivity index (χ1n) is 10.2. The molecule has 2 aromatic carbocycles. The Balaban J connectivity index is 1.61. The highest BCUT2D eigenvalue weighted by Gasteiger charge is 2.47. The van der Waals surface area contributed by atoms with Gasteiger partial charge in [-0.2, -0.15) is 13.2 Å². The van der Waals surface area contributed by atoms with Gasteiger partial charge in [-0.05, 0) is 47.9 Å². The van der Waals surface area contributed by atoms with Crippen LogP contribution in [0.25, 0.3) is 11.3 Å². The second-order valence-corrected chi connectivity index (χ2v) is 7.82. The van der Waals surface area contributed by atoms with Crippen molar-refractivity contribution in [1.82, 2.24) is 4.98 Å². The minimum absolute atomic E-state index is 0.0197. The summed E-state index contributed by atoms with van der Waals surface area (Å²) in [4.78, 5) is 17.0. The molecule has 9 heteroatoms. The van der Waals surface area contributed by atoms with Gasteiger partial charge in [0.05, 0.1) is 24.5 Å². The van der Waals surface area contributed by atoms with Gasteiger partial charge in [-0.15, -0.1) is 0 Å². The summed E-state index contributed by atoms with van der Waals surface area (Å²) in [6, 6.07) is 13.2. The van der Waals surface area contributed by atoms with Gasteiger partial charge in [-0.25, -0.2) is 4.39 Å². The zero-order valence-corrected chi connectivity index (χ0v) is 17.3. The number of nitrogens with one attached hydrogen (secondary N) is 1. The first-order valence-corrected chi connectivity index (χ1v) is 10.2. The lowest BCUT2D eigenvalue weighted by molar-refractivity contribution is -0.139. The molecule has 1 saturated heterocycles. The Labute approximate surface area is 187 Å². The van der Waals surface area contributed by atoms with Gasteiger partial charge in [-0.3, -0.25) is 9.78 Å². The number of hydrogen-bond acceptors (Lipinski definition) is 4. The predicted octanol–water partition coefficient (Wildman–Crippen LogP) is 4.35. The summed E-state index contributed by atoms with van der Waals surface area (Å²) in [5.41, 5.74) is 0.474. The number of alkyl halides is 3. The lowest BCUT2D eigenvalue weighted by Gasteiger charge is -2.40. The van der Waals surface area contributed by atoms with E-state index in [1.807, 2.05) is 0 Å². The van der Waals surface area contributed by atoms with Crippen LogP contribution in [0.1, 0.15) is 16.7 Å². The number of amides is 1. The summed E-state index contributed by atoms with van der Waals surface area (Å²) in [5.74, 6) is -0.718. The Kier molecular flexibility index (Phi) is 6.18. The maximum Gasteiger partial charge on any atom is 0.417 e. The molecule has 0 atom stereocenters. The quantitative estimate of drug-likeness (QED) is 0.537. The number of ether oxygens (including phenoxy) is 1. The first kappa shape index (κ1) is 22.9. The van der Waals surface area contributed by atoms with Crippen LogP contribution in [0.2, 0.25) is 0 Å². The summed E-state index contributed by atoms with van der Waals surface area (Å²) in [7, 11) is 0. The van der Waals surface area contributed by atoms with Crippen LogP contribution in [0.5, 0.6) is 0 Å². The van der Waals surface area contributed by atoms with E-state index in [0.29, 0.717) is 22.5 Å². The molecular weight excluding hydrogens is 440 g/mol. The van der Waals surface area contributed by atoms with Crippen LogP contribution < -0.4 is 5.32 Å². The standard InChI is InChI=1S/C24H20F4N2O3/c25-19-5-7-20(8-6-19)30-22(32)23(13-33-14-23)17-3-1-15(2-4-17)21-16(9-10-31)11-18(12-29-21)24(26,27)28/h1-8,11-12,31H,9-10,13-14H2,(H,30,32). The third kappa shape index (κ3) is 4.60. The highest BCUT2D eigenvalue weighted by atomic mass is 19.4. The second kappa shape index (κ2) is 8.92. The maximum absolute atomic E-state index is 13.1. The second-order valence-electron chi connectivity index (χ2n) is 7.82. The van der Waals surface area contributed by atoms with Crippen LogP contribution in [-0.4, -0.2) is 35.8 Å². The average molecular weight is 460 g/mol. The molecule has 1 aliphatic rings. The van der Waals surface area contributed by atoms with Crippen LogP contribution in [0.3, 0.4) is 0 Å². The zero-order chi connectivity index (χ0) is 23.6. The van der Waals surface area contributed by atoms with Crippen molar-refractivity contribution in [3.8, 4) is 11.3 Å². The SMILES string of the molecule is O=C(Nc1ccc(F)cc1)C1(c2ccc(-c3ncc(C(F)(F)F)cc3CCO)cc2)COC1. The van der Waals surface area contributed by atoms with Crippen LogP contribution in [0.15, 0.2) is 60.8 Å². The molecule has 5 nitrogen and oxygen atoms in total. The molecular formula is C24H20F4N2O3. The van der Waals surface area contributed by atoms with Gasteiger partial charge in [0.1, 0.15) is 11.2 Å². The minimum Gasteiger partial charge on any atom is -0.396 e. The van der Waals surface area contributed by atoms with Gasteiger partial charge in [0.2, 0.25) is 5.91 Å². The molecule has 0 spiro atoms. The number of carbonyl (C=O) groups is 1. The number of aromatic nitrogens is 1. The molecule has 0 radical (unpaired) electrons. The van der Waals surface area contributed by atoms with Gasteiger partial charge in [0.25, 0.3) is 0 Å². The molecule has 0 aliphatic carbocycles. The summed E-state index contributed by atoms with van der Waals surface area (Å²) in [6.07, 6.45) is -3.75. The fourth-order valence-electron chi connectivity index (χ4n) is 3.70. The number of hydrogen-bond donors (Lipinski definition) is 2. The van der Waals surface area contributed by atoms with Gasteiger partial charge in [-0.1, -0.05) is 24.3 Å². The topological polar surface area (TPSA) is 71.5 Å². The van der Waals surface area contributed by atoms with Crippen molar-refractivity contribution in [1.29, 1.82) is 0 Å². The molecule has 0 bridgehead atoms. The van der Waals surface area contributed by atoms with Crippen LogP contribution in [0.4, 0.5) is 23.2 Å². The number of carbonyl (C=O) groups excluding carboxylic acids is 1. The molecule has 2 heterocycles. The highest BCUT2D eigenvalue weighted by Crippen LogP contribution is 2.36. The monoisotopic (exact) mass is 460 g/mol. The van der Waals surface area contributed by atoms with Crippen molar-refractivity contribution in [3.63, 3.8) is 0 Å². The highest BCUT2D eigenvalue weighted by molar-refractivity contribution is 6.00. The largest absolute Gasteiger partial charge is 0.417 e. The molecule has 0 unspecified atom stereocenters. The van der Waals surface area contributed by atoms with E-state index in [0.717, 1.165) is 12.3 Å². The Bertz CT molecular complexity index is 1140. The Morgan fingerprint density at radius 2 is 1.76 bits per heavy atom. The molecule has 1 amide bonds. The molecule has 33 heavy (non-hydrogen) atoms. The summed E-state index contributed by atoms with van der Waals surface area (Å²) in [5, 5.41) is 12.1. The fourth-order valence-corrected chi connectivity index (χ4v) is 3.70. The summed E-state index contributed by atoms with van der Waals surface area (Å²) in [6.45, 7) is -0.000581. The van der Waals surface area contributed by atoms with E-state index in [4.69, 9.17) is 4.74 Å². The average Bonchev–Trinajstić information content (AvgIpc) is 2.75. The van der Waals surface area contributed by atoms with Gasteiger partial charge in [0, 0.05) is 24.1 Å². The van der Waals surface area contributed by atoms with Crippen molar-refractivity contribution in [2.75, 3.05) is 25.1 Å². The number of halogens is 4. The van der Waals surface area contributed by atoms with E-state index in [-0.39, 0.29) is 37.7 Å². The Hall–Kier alpha value is -3.30. The lowest BCUT2D eigenvalue weighted by Crippen LogP contribution is -2.55. The zero-order valence-electron chi connectivity index (χ0n) is 17.3. The molecule has 172 valence electrons. The van der Waals surface area contributed by atoms with Crippen LogP contribution >= 0.6 is 0 Å². The minimum atomic E-state index is -4.53. The third-order valence-electron chi connectivity index (χ3n) is 5.62. The fraction of sp³-hybridized carbons (Fsp3) is 0.250. The van der Waals surface area contributed by atoms with E-state index >= 15 is 0 Å². The number of anilines is 1. The number of aliphatic hydroxyl groups excluding tert-OH is 1. The Morgan fingerprint density at radius 3 is 2.30 bits per heavy atom. The molecule has 2 N–H and O–H groups in total. The van der Waals surface area contributed by atoms with Gasteiger partial charge in [0.15, 0.2) is 0 Å². The first-order chi connectivity index (χ1) is 15.7. The predicted molar refractivity (Wildman–Crippen MR) is 113 cm³/mol. The van der Waals surface area contributed by atoms with Crippen molar-refractivity contribution < 1.29 is 32.2 Å². The van der Waals surface area contributed by atoms with Gasteiger partial charge >= 0.3 is 6.18 Å². The summed E-state index contributed by atoms with van der Waals surface area (Å²) < 4.78 is 57.6. The van der Waals surface area contributed by atoms with E-state index in [1.54, 1.807) is 24.3 Å². The molecule has 1 aromatic heterocycles. The van der Waals surface area contributed by atoms with E-state index in [2.05, 4.69) is 10.3 Å². The third-order valence-corrected chi connectivity index (χ3v) is 5.62. The molecule has 4 rings (SSSR count). The molecule has 1 fully saturated rings. The molecule has 1 aliphatic heterocycles. The Morgan fingerprint density at radius 1 is 1.09 bits per heavy atom. The van der Waals surface area contributed by atoms with Crippen molar-refractivity contribution in [2.45, 2.75) is 18.0 Å². The van der Waals surface area contributed by atoms with Crippen molar-refractivity contribution in [3.05, 3.63) is 83.3 Å². The molecule has 3 aromatic rings. The smallest absolute Gasteiger partial charge is 0.396 e. The summed E-state index contributed by atoms with van der Waals surface area (Å²) >= 11 is 0. The lowest BCUT2D eigenvalue weighted by atomic mass is 9.77. The van der Waals surface area contributed by atoms with E-state index in [9.17, 15) is 27.5 Å². The molecule has 0 saturated carbocycles. The normalized spacial score (nSPS) is 15.1. The van der Waals surface area contributed by atoms with Crippen molar-refractivity contribution in [2.24, 2.45) is 0 Å². The maximum atomic E-state index is 13.1. The van der Waals surface area contributed by atoms with Crippen molar-refractivity contribution >= 4 is 11.6 Å². The number of benzene rings is 2. The number of nitrogens with zero attached hydrogens (tertiary/aromatic N) is 1. The number of rotatable bonds is 6. The van der Waals surface area contributed by atoms with E-state index < -0.39 is 23.0 Å². The van der Waals surface area contributed by atoms with Gasteiger partial charge < -0.3 is 15.2 Å². The number of aliphatic hydroxyl groups is 1. The van der Waals surface area contributed by atoms with E-state index in [1.165, 1.54) is 24.3 Å².